The second-order valence-corrected chi connectivity index (χ2v) is 6.44. The Kier molecular flexibility index (Phi) is 4.77. The summed E-state index contributed by atoms with van der Waals surface area (Å²) in [5, 5.41) is 19.1. The third kappa shape index (κ3) is 3.39. The molecule has 1 saturated heterocycles. The van der Waals surface area contributed by atoms with E-state index >= 15 is 0 Å². The van der Waals surface area contributed by atoms with Crippen molar-refractivity contribution in [3.8, 4) is 6.07 Å². The summed E-state index contributed by atoms with van der Waals surface area (Å²) in [4.78, 5) is 6.43. The van der Waals surface area contributed by atoms with Gasteiger partial charge in [0.1, 0.15) is 23.4 Å². The van der Waals surface area contributed by atoms with Crippen LogP contribution in [0.4, 0.5) is 10.2 Å². The molecular formula is C19H20FN3O. The lowest BCUT2D eigenvalue weighted by molar-refractivity contribution is 0.104. The van der Waals surface area contributed by atoms with Crippen molar-refractivity contribution in [3.63, 3.8) is 0 Å². The SMILES string of the molecule is N#Cc1cccc(N2CCC[C@@](CO)(Cc3ccccc3F)C2)n1. The summed E-state index contributed by atoms with van der Waals surface area (Å²) in [6, 6.07) is 14.1. The number of nitrogens with zero attached hydrogens (tertiary/aromatic N) is 3. The van der Waals surface area contributed by atoms with Gasteiger partial charge in [0.15, 0.2) is 0 Å². The molecule has 1 fully saturated rings. The zero-order valence-electron chi connectivity index (χ0n) is 13.5. The van der Waals surface area contributed by atoms with E-state index in [1.807, 2.05) is 18.2 Å². The molecule has 1 aliphatic heterocycles. The molecule has 2 aromatic rings. The van der Waals surface area contributed by atoms with Crippen LogP contribution >= 0.6 is 0 Å². The molecule has 0 unspecified atom stereocenters. The number of rotatable bonds is 4. The standard InChI is InChI=1S/C19H20FN3O/c20-17-7-2-1-5-15(17)11-19(14-24)9-4-10-23(13-19)18-8-3-6-16(12-21)22-18/h1-3,5-8,24H,4,9-11,13-14H2/t19-/m1/s1. The van der Waals surface area contributed by atoms with E-state index in [0.717, 1.165) is 25.2 Å². The molecule has 0 saturated carbocycles. The summed E-state index contributed by atoms with van der Waals surface area (Å²) in [5.41, 5.74) is 0.610. The number of piperidine rings is 1. The lowest BCUT2D eigenvalue weighted by atomic mass is 9.75. The van der Waals surface area contributed by atoms with Crippen LogP contribution in [0.1, 0.15) is 24.1 Å². The summed E-state index contributed by atoms with van der Waals surface area (Å²) >= 11 is 0. The minimum atomic E-state index is -0.398. The van der Waals surface area contributed by atoms with Gasteiger partial charge in [-0.25, -0.2) is 9.37 Å². The number of hydrogen-bond donors (Lipinski definition) is 1. The molecule has 1 N–H and O–H groups in total. The Morgan fingerprint density at radius 3 is 2.83 bits per heavy atom. The summed E-state index contributed by atoms with van der Waals surface area (Å²) in [7, 11) is 0. The predicted molar refractivity (Wildman–Crippen MR) is 90.0 cm³/mol. The largest absolute Gasteiger partial charge is 0.396 e. The highest BCUT2D eigenvalue weighted by molar-refractivity contribution is 5.42. The van der Waals surface area contributed by atoms with Gasteiger partial charge in [0.25, 0.3) is 0 Å². The first-order valence-electron chi connectivity index (χ1n) is 8.12. The Bertz CT molecular complexity index is 758. The average molecular weight is 325 g/mol. The number of anilines is 1. The van der Waals surface area contributed by atoms with Crippen molar-refractivity contribution in [1.82, 2.24) is 4.98 Å². The number of halogens is 1. The van der Waals surface area contributed by atoms with Gasteiger partial charge in [-0.3, -0.25) is 0 Å². The van der Waals surface area contributed by atoms with Crippen LogP contribution in [0.2, 0.25) is 0 Å². The molecule has 1 atom stereocenters. The minimum Gasteiger partial charge on any atom is -0.396 e. The van der Waals surface area contributed by atoms with E-state index in [1.54, 1.807) is 18.2 Å². The number of benzene rings is 1. The molecule has 5 heteroatoms. The zero-order chi connectivity index (χ0) is 17.0. The van der Waals surface area contributed by atoms with E-state index in [1.165, 1.54) is 6.07 Å². The Morgan fingerprint density at radius 1 is 1.25 bits per heavy atom. The van der Waals surface area contributed by atoms with E-state index in [2.05, 4.69) is 16.0 Å². The Hall–Kier alpha value is -2.45. The van der Waals surface area contributed by atoms with Crippen LogP contribution < -0.4 is 4.90 Å². The van der Waals surface area contributed by atoms with Crippen molar-refractivity contribution < 1.29 is 9.50 Å². The lowest BCUT2D eigenvalue weighted by Gasteiger charge is -2.42. The number of pyridine rings is 1. The number of hydrogen-bond acceptors (Lipinski definition) is 4. The van der Waals surface area contributed by atoms with Gasteiger partial charge in [-0.1, -0.05) is 24.3 Å². The first kappa shape index (κ1) is 16.4. The molecule has 24 heavy (non-hydrogen) atoms. The van der Waals surface area contributed by atoms with Gasteiger partial charge in [-0.15, -0.1) is 0 Å². The monoisotopic (exact) mass is 325 g/mol. The average Bonchev–Trinajstić information content (AvgIpc) is 2.64. The maximum absolute atomic E-state index is 14.0. The number of nitriles is 1. The number of aliphatic hydroxyl groups excluding tert-OH is 1. The smallest absolute Gasteiger partial charge is 0.142 e. The highest BCUT2D eigenvalue weighted by Crippen LogP contribution is 2.35. The third-order valence-corrected chi connectivity index (χ3v) is 4.69. The van der Waals surface area contributed by atoms with Crippen molar-refractivity contribution in [2.45, 2.75) is 19.3 Å². The molecule has 4 nitrogen and oxygen atoms in total. The molecule has 0 aliphatic carbocycles. The van der Waals surface area contributed by atoms with Crippen LogP contribution in [0.15, 0.2) is 42.5 Å². The summed E-state index contributed by atoms with van der Waals surface area (Å²) in [6.45, 7) is 1.41. The zero-order valence-corrected chi connectivity index (χ0v) is 13.5. The van der Waals surface area contributed by atoms with Gasteiger partial charge < -0.3 is 10.0 Å². The fraction of sp³-hybridized carbons (Fsp3) is 0.368. The number of aromatic nitrogens is 1. The predicted octanol–water partition coefficient (Wildman–Crippen LogP) is 2.91. The second kappa shape index (κ2) is 6.98. The summed E-state index contributed by atoms with van der Waals surface area (Å²) in [5.74, 6) is 0.507. The van der Waals surface area contributed by atoms with Gasteiger partial charge in [0.05, 0.1) is 6.61 Å². The van der Waals surface area contributed by atoms with Gasteiger partial charge in [-0.2, -0.15) is 5.26 Å². The Morgan fingerprint density at radius 2 is 2.08 bits per heavy atom. The van der Waals surface area contributed by atoms with E-state index in [0.29, 0.717) is 24.2 Å². The fourth-order valence-corrected chi connectivity index (χ4v) is 3.44. The molecule has 0 amide bonds. The van der Waals surface area contributed by atoms with Crippen LogP contribution in [0.5, 0.6) is 0 Å². The van der Waals surface area contributed by atoms with Crippen molar-refractivity contribution >= 4 is 5.82 Å². The lowest BCUT2D eigenvalue weighted by Crippen LogP contribution is -2.47. The van der Waals surface area contributed by atoms with Crippen molar-refractivity contribution in [2.24, 2.45) is 5.41 Å². The van der Waals surface area contributed by atoms with E-state index in [4.69, 9.17) is 5.26 Å². The Balaban J connectivity index is 1.84. The fourth-order valence-electron chi connectivity index (χ4n) is 3.44. The van der Waals surface area contributed by atoms with E-state index < -0.39 is 5.41 Å². The van der Waals surface area contributed by atoms with Gasteiger partial charge in [-0.05, 0) is 43.0 Å². The van der Waals surface area contributed by atoms with Gasteiger partial charge in [0.2, 0.25) is 0 Å². The van der Waals surface area contributed by atoms with Gasteiger partial charge in [0, 0.05) is 18.5 Å². The van der Waals surface area contributed by atoms with Crippen molar-refractivity contribution in [2.75, 3.05) is 24.6 Å². The topological polar surface area (TPSA) is 60.2 Å². The molecule has 0 radical (unpaired) electrons. The maximum atomic E-state index is 14.0. The van der Waals surface area contributed by atoms with Crippen LogP contribution in [0, 0.1) is 22.6 Å². The van der Waals surface area contributed by atoms with Crippen LogP contribution in [-0.4, -0.2) is 29.8 Å². The molecular weight excluding hydrogens is 305 g/mol. The highest BCUT2D eigenvalue weighted by Gasteiger charge is 2.36. The van der Waals surface area contributed by atoms with Gasteiger partial charge >= 0.3 is 0 Å². The minimum absolute atomic E-state index is 0.00419. The third-order valence-electron chi connectivity index (χ3n) is 4.69. The summed E-state index contributed by atoms with van der Waals surface area (Å²) < 4.78 is 14.0. The van der Waals surface area contributed by atoms with Crippen LogP contribution in [0.25, 0.3) is 0 Å². The van der Waals surface area contributed by atoms with E-state index in [9.17, 15) is 9.50 Å². The molecule has 1 aromatic carbocycles. The quantitative estimate of drug-likeness (QED) is 0.939. The van der Waals surface area contributed by atoms with Crippen LogP contribution in [-0.2, 0) is 6.42 Å². The molecule has 0 spiro atoms. The number of aliphatic hydroxyl groups is 1. The highest BCUT2D eigenvalue weighted by atomic mass is 19.1. The van der Waals surface area contributed by atoms with Crippen molar-refractivity contribution in [3.05, 3.63) is 59.5 Å². The first-order chi connectivity index (χ1) is 11.7. The molecule has 1 aromatic heterocycles. The molecule has 2 heterocycles. The maximum Gasteiger partial charge on any atom is 0.142 e. The molecule has 124 valence electrons. The van der Waals surface area contributed by atoms with Crippen LogP contribution in [0.3, 0.4) is 0 Å². The molecule has 0 bridgehead atoms. The normalized spacial score (nSPS) is 20.6. The molecule has 3 rings (SSSR count). The molecule has 1 aliphatic rings. The summed E-state index contributed by atoms with van der Waals surface area (Å²) in [6.07, 6.45) is 2.23. The van der Waals surface area contributed by atoms with Crippen molar-refractivity contribution in [1.29, 1.82) is 5.26 Å². The van der Waals surface area contributed by atoms with E-state index in [-0.39, 0.29) is 12.4 Å². The second-order valence-electron chi connectivity index (χ2n) is 6.44. The first-order valence-corrected chi connectivity index (χ1v) is 8.12. The Labute approximate surface area is 141 Å².